The maximum atomic E-state index is 13.4. The zero-order valence-electron chi connectivity index (χ0n) is 16.4. The van der Waals surface area contributed by atoms with E-state index in [1.54, 1.807) is 11.8 Å². The Labute approximate surface area is 167 Å². The van der Waals surface area contributed by atoms with Crippen LogP contribution >= 0.6 is 12.4 Å². The monoisotopic (exact) mass is 392 g/mol. The third-order valence-corrected chi connectivity index (χ3v) is 5.35. The number of halogens is 1. The summed E-state index contributed by atoms with van der Waals surface area (Å²) < 4.78 is 7.13. The maximum Gasteiger partial charge on any atom is 0.228 e. The highest BCUT2D eigenvalue weighted by atomic mass is 35.5. The molecular weight excluding hydrogens is 364 g/mol. The van der Waals surface area contributed by atoms with Crippen molar-refractivity contribution in [3.8, 4) is 5.75 Å². The molecule has 1 unspecified atom stereocenters. The molecule has 1 aromatic heterocycles. The fourth-order valence-corrected chi connectivity index (χ4v) is 3.83. The van der Waals surface area contributed by atoms with E-state index in [0.29, 0.717) is 13.1 Å². The maximum absolute atomic E-state index is 13.4. The summed E-state index contributed by atoms with van der Waals surface area (Å²) in [6.07, 6.45) is 3.89. The van der Waals surface area contributed by atoms with Crippen molar-refractivity contribution in [2.24, 2.45) is 13.0 Å². The molecule has 3 rings (SSSR count). The third-order valence-electron chi connectivity index (χ3n) is 5.35. The van der Waals surface area contributed by atoms with Crippen molar-refractivity contribution in [2.45, 2.75) is 25.8 Å². The van der Waals surface area contributed by atoms with Gasteiger partial charge in [-0.1, -0.05) is 12.1 Å². The number of hydrogen-bond donors (Lipinski definition) is 1. The van der Waals surface area contributed by atoms with E-state index in [0.717, 1.165) is 23.4 Å². The van der Waals surface area contributed by atoms with Crippen LogP contribution in [0.25, 0.3) is 0 Å². The van der Waals surface area contributed by atoms with Crippen LogP contribution in [0.2, 0.25) is 0 Å². The van der Waals surface area contributed by atoms with Gasteiger partial charge in [-0.05, 0) is 37.1 Å². The van der Waals surface area contributed by atoms with Crippen LogP contribution in [0.1, 0.15) is 36.9 Å². The number of methoxy groups -OCH3 is 1. The molecule has 6 nitrogen and oxygen atoms in total. The fourth-order valence-electron chi connectivity index (χ4n) is 3.83. The first-order valence-corrected chi connectivity index (χ1v) is 9.18. The summed E-state index contributed by atoms with van der Waals surface area (Å²) >= 11 is 0. The van der Waals surface area contributed by atoms with Crippen LogP contribution in [0, 0.1) is 5.92 Å². The van der Waals surface area contributed by atoms with Crippen molar-refractivity contribution in [1.82, 2.24) is 20.0 Å². The number of aryl methyl sites for hydroxylation is 1. The Morgan fingerprint density at radius 2 is 2.22 bits per heavy atom. The van der Waals surface area contributed by atoms with Gasteiger partial charge in [0.25, 0.3) is 0 Å². The zero-order valence-corrected chi connectivity index (χ0v) is 17.2. The topological polar surface area (TPSA) is 59.4 Å². The molecule has 27 heavy (non-hydrogen) atoms. The average molecular weight is 393 g/mol. The Balaban J connectivity index is 0.00000261. The van der Waals surface area contributed by atoms with E-state index in [4.69, 9.17) is 4.74 Å². The SMILES string of the molecule is CCN(C(=O)[C@H]1CNC[C@@H]1c1cnn(C)c1)C(C)c1cccc(OC)c1.Cl. The van der Waals surface area contributed by atoms with Gasteiger partial charge in [-0.25, -0.2) is 0 Å². The van der Waals surface area contributed by atoms with Gasteiger partial charge in [-0.15, -0.1) is 12.4 Å². The molecule has 2 heterocycles. The van der Waals surface area contributed by atoms with Crippen molar-refractivity contribution >= 4 is 18.3 Å². The summed E-state index contributed by atoms with van der Waals surface area (Å²) in [5, 5.41) is 7.65. The number of hydrogen-bond acceptors (Lipinski definition) is 4. The Morgan fingerprint density at radius 1 is 1.44 bits per heavy atom. The Kier molecular flexibility index (Phi) is 7.27. The quantitative estimate of drug-likeness (QED) is 0.821. The molecule has 0 aliphatic carbocycles. The van der Waals surface area contributed by atoms with Gasteiger partial charge in [-0.3, -0.25) is 9.48 Å². The molecular formula is C20H29ClN4O2. The molecule has 7 heteroatoms. The van der Waals surface area contributed by atoms with Gasteiger partial charge in [0.1, 0.15) is 5.75 Å². The molecule has 1 amide bonds. The summed E-state index contributed by atoms with van der Waals surface area (Å²) in [6, 6.07) is 7.95. The van der Waals surface area contributed by atoms with E-state index in [1.807, 2.05) is 49.5 Å². The van der Waals surface area contributed by atoms with Gasteiger partial charge in [0.15, 0.2) is 0 Å². The second-order valence-corrected chi connectivity index (χ2v) is 6.90. The summed E-state index contributed by atoms with van der Waals surface area (Å²) in [6.45, 7) is 6.31. The first-order valence-electron chi connectivity index (χ1n) is 9.18. The molecule has 0 radical (unpaired) electrons. The van der Waals surface area contributed by atoms with Crippen LogP contribution in [-0.4, -0.2) is 47.3 Å². The second kappa shape index (κ2) is 9.24. The van der Waals surface area contributed by atoms with E-state index in [2.05, 4.69) is 23.4 Å². The number of nitrogens with one attached hydrogen (secondary N) is 1. The highest BCUT2D eigenvalue weighted by molar-refractivity contribution is 5.85. The molecule has 0 bridgehead atoms. The third kappa shape index (κ3) is 4.45. The number of benzene rings is 1. The van der Waals surface area contributed by atoms with Crippen molar-refractivity contribution in [2.75, 3.05) is 26.7 Å². The van der Waals surface area contributed by atoms with Gasteiger partial charge >= 0.3 is 0 Å². The first kappa shape index (κ1) is 21.3. The van der Waals surface area contributed by atoms with E-state index in [1.165, 1.54) is 0 Å². The number of aromatic nitrogens is 2. The van der Waals surface area contributed by atoms with Crippen molar-refractivity contribution in [3.63, 3.8) is 0 Å². The van der Waals surface area contributed by atoms with Crippen LogP contribution < -0.4 is 10.1 Å². The van der Waals surface area contributed by atoms with Gasteiger partial charge < -0.3 is 15.0 Å². The lowest BCUT2D eigenvalue weighted by Crippen LogP contribution is -2.40. The molecule has 1 saturated heterocycles. The lowest BCUT2D eigenvalue weighted by atomic mass is 9.89. The smallest absolute Gasteiger partial charge is 0.228 e. The Bertz CT molecular complexity index is 764. The van der Waals surface area contributed by atoms with Crippen LogP contribution in [0.3, 0.4) is 0 Å². The first-order chi connectivity index (χ1) is 12.5. The molecule has 1 aromatic carbocycles. The van der Waals surface area contributed by atoms with E-state index < -0.39 is 0 Å². The van der Waals surface area contributed by atoms with E-state index in [-0.39, 0.29) is 36.2 Å². The van der Waals surface area contributed by atoms with E-state index >= 15 is 0 Å². The normalized spacial score (nSPS) is 20.0. The molecule has 1 fully saturated rings. The number of amides is 1. The number of nitrogens with zero attached hydrogens (tertiary/aromatic N) is 3. The number of ether oxygens (including phenoxy) is 1. The molecule has 1 aliphatic rings. The largest absolute Gasteiger partial charge is 0.497 e. The number of rotatable bonds is 6. The Hall–Kier alpha value is -2.05. The number of carbonyl (C=O) groups is 1. The summed E-state index contributed by atoms with van der Waals surface area (Å²) in [7, 11) is 3.57. The molecule has 3 atom stereocenters. The minimum Gasteiger partial charge on any atom is -0.497 e. The van der Waals surface area contributed by atoms with Gasteiger partial charge in [0.05, 0.1) is 25.3 Å². The van der Waals surface area contributed by atoms with Crippen LogP contribution in [-0.2, 0) is 11.8 Å². The van der Waals surface area contributed by atoms with Crippen LogP contribution in [0.5, 0.6) is 5.75 Å². The average Bonchev–Trinajstić information content (AvgIpc) is 3.30. The minimum absolute atomic E-state index is 0. The van der Waals surface area contributed by atoms with Crippen molar-refractivity contribution in [1.29, 1.82) is 0 Å². The summed E-state index contributed by atoms with van der Waals surface area (Å²) in [4.78, 5) is 15.3. The molecule has 0 spiro atoms. The molecule has 1 N–H and O–H groups in total. The predicted octanol–water partition coefficient (Wildman–Crippen LogP) is 2.76. The molecule has 1 aliphatic heterocycles. The van der Waals surface area contributed by atoms with Gasteiger partial charge in [0, 0.05) is 38.8 Å². The Morgan fingerprint density at radius 3 is 2.85 bits per heavy atom. The van der Waals surface area contributed by atoms with Crippen LogP contribution in [0.4, 0.5) is 0 Å². The standard InChI is InChI=1S/C20H28N4O2.ClH/c1-5-24(14(2)15-7-6-8-17(9-15)26-4)20(25)19-12-21-11-18(19)16-10-22-23(3)13-16;/h6-10,13-14,18-19,21H,5,11-12H2,1-4H3;1H/t14?,18-,19+;/m1./s1. The fraction of sp³-hybridized carbons (Fsp3) is 0.500. The highest BCUT2D eigenvalue weighted by Crippen LogP contribution is 2.32. The molecule has 0 saturated carbocycles. The predicted molar refractivity (Wildman–Crippen MR) is 108 cm³/mol. The zero-order chi connectivity index (χ0) is 18.7. The lowest BCUT2D eigenvalue weighted by molar-refractivity contribution is -0.137. The summed E-state index contributed by atoms with van der Waals surface area (Å²) in [5.41, 5.74) is 2.21. The van der Waals surface area contributed by atoms with Crippen LogP contribution in [0.15, 0.2) is 36.7 Å². The second-order valence-electron chi connectivity index (χ2n) is 6.90. The number of carbonyl (C=O) groups excluding carboxylic acids is 1. The van der Waals surface area contributed by atoms with Crippen molar-refractivity contribution < 1.29 is 9.53 Å². The van der Waals surface area contributed by atoms with Crippen molar-refractivity contribution in [3.05, 3.63) is 47.8 Å². The van der Waals surface area contributed by atoms with Gasteiger partial charge in [-0.2, -0.15) is 5.10 Å². The molecule has 148 valence electrons. The highest BCUT2D eigenvalue weighted by Gasteiger charge is 2.38. The molecule has 2 aromatic rings. The summed E-state index contributed by atoms with van der Waals surface area (Å²) in [5.74, 6) is 1.12. The van der Waals surface area contributed by atoms with Gasteiger partial charge in [0.2, 0.25) is 5.91 Å². The minimum atomic E-state index is -0.0628. The lowest BCUT2D eigenvalue weighted by Gasteiger charge is -2.32. The van der Waals surface area contributed by atoms with E-state index in [9.17, 15) is 4.79 Å².